The van der Waals surface area contributed by atoms with E-state index in [2.05, 4.69) is 15.3 Å². The Morgan fingerprint density at radius 3 is 2.81 bits per heavy atom. The molecule has 2 heterocycles. The molecule has 0 atom stereocenters. The lowest BCUT2D eigenvalue weighted by molar-refractivity contribution is 0.954. The Balaban J connectivity index is 1.85. The first-order valence-corrected chi connectivity index (χ1v) is 5.21. The highest BCUT2D eigenvalue weighted by Crippen LogP contribution is 2.05. The molecule has 0 radical (unpaired) electrons. The standard InChI is InChI=1S/C12H14N4/c13-11-5-3-6-12(16-11)15-9-7-10-4-1-2-8-14-10/h1-6,8H,7,9H2,(H3,13,15,16). The third kappa shape index (κ3) is 2.95. The SMILES string of the molecule is Nc1cccc(NCCc2ccccn2)n1. The second-order valence-corrected chi connectivity index (χ2v) is 3.45. The van der Waals surface area contributed by atoms with Gasteiger partial charge >= 0.3 is 0 Å². The minimum Gasteiger partial charge on any atom is -0.384 e. The molecule has 3 N–H and O–H groups in total. The van der Waals surface area contributed by atoms with Gasteiger partial charge in [-0.15, -0.1) is 0 Å². The maximum atomic E-state index is 5.58. The Kier molecular flexibility index (Phi) is 3.33. The smallest absolute Gasteiger partial charge is 0.128 e. The molecular formula is C12H14N4. The summed E-state index contributed by atoms with van der Waals surface area (Å²) in [5.41, 5.74) is 6.65. The number of hydrogen-bond acceptors (Lipinski definition) is 4. The number of hydrogen-bond donors (Lipinski definition) is 2. The van der Waals surface area contributed by atoms with Crippen molar-refractivity contribution in [3.05, 3.63) is 48.3 Å². The number of nitrogens with one attached hydrogen (secondary N) is 1. The summed E-state index contributed by atoms with van der Waals surface area (Å²) < 4.78 is 0. The summed E-state index contributed by atoms with van der Waals surface area (Å²) in [4.78, 5) is 8.39. The second kappa shape index (κ2) is 5.11. The number of anilines is 2. The lowest BCUT2D eigenvalue weighted by atomic mass is 10.3. The van der Waals surface area contributed by atoms with E-state index in [0.717, 1.165) is 24.5 Å². The molecule has 0 fully saturated rings. The highest BCUT2D eigenvalue weighted by molar-refractivity contribution is 5.42. The zero-order chi connectivity index (χ0) is 11.2. The summed E-state index contributed by atoms with van der Waals surface area (Å²) in [6.07, 6.45) is 2.67. The van der Waals surface area contributed by atoms with Crippen molar-refractivity contribution < 1.29 is 0 Å². The van der Waals surface area contributed by atoms with Crippen molar-refractivity contribution in [1.82, 2.24) is 9.97 Å². The molecule has 0 saturated carbocycles. The molecule has 82 valence electrons. The molecule has 0 aliphatic rings. The minimum atomic E-state index is 0.530. The fourth-order valence-corrected chi connectivity index (χ4v) is 1.41. The van der Waals surface area contributed by atoms with Gasteiger partial charge in [-0.3, -0.25) is 4.98 Å². The largest absolute Gasteiger partial charge is 0.384 e. The topological polar surface area (TPSA) is 63.8 Å². The molecule has 2 aromatic heterocycles. The lowest BCUT2D eigenvalue weighted by Crippen LogP contribution is -2.07. The third-order valence-electron chi connectivity index (χ3n) is 2.18. The van der Waals surface area contributed by atoms with Gasteiger partial charge in [0, 0.05) is 24.9 Å². The van der Waals surface area contributed by atoms with Crippen molar-refractivity contribution in [2.24, 2.45) is 0 Å². The fraction of sp³-hybridized carbons (Fsp3) is 0.167. The van der Waals surface area contributed by atoms with Crippen molar-refractivity contribution in [2.45, 2.75) is 6.42 Å². The predicted molar refractivity (Wildman–Crippen MR) is 65.1 cm³/mol. The van der Waals surface area contributed by atoms with Crippen LogP contribution in [0.15, 0.2) is 42.6 Å². The summed E-state index contributed by atoms with van der Waals surface area (Å²) in [6.45, 7) is 0.799. The zero-order valence-corrected chi connectivity index (χ0v) is 8.93. The highest BCUT2D eigenvalue weighted by atomic mass is 15.0. The van der Waals surface area contributed by atoms with Crippen molar-refractivity contribution in [1.29, 1.82) is 0 Å². The quantitative estimate of drug-likeness (QED) is 0.813. The van der Waals surface area contributed by atoms with E-state index in [1.54, 1.807) is 12.3 Å². The van der Waals surface area contributed by atoms with Gasteiger partial charge < -0.3 is 11.1 Å². The Morgan fingerprint density at radius 2 is 2.06 bits per heavy atom. The summed E-state index contributed by atoms with van der Waals surface area (Å²) in [6, 6.07) is 11.5. The van der Waals surface area contributed by atoms with Crippen LogP contribution in [-0.2, 0) is 6.42 Å². The van der Waals surface area contributed by atoms with Crippen molar-refractivity contribution >= 4 is 11.6 Å². The van der Waals surface area contributed by atoms with Crippen LogP contribution in [-0.4, -0.2) is 16.5 Å². The zero-order valence-electron chi connectivity index (χ0n) is 8.93. The van der Waals surface area contributed by atoms with Gasteiger partial charge in [-0.1, -0.05) is 12.1 Å². The first-order valence-electron chi connectivity index (χ1n) is 5.21. The van der Waals surface area contributed by atoms with Crippen LogP contribution in [0.2, 0.25) is 0 Å². The average Bonchev–Trinajstić information content (AvgIpc) is 2.30. The molecule has 0 aliphatic heterocycles. The predicted octanol–water partition coefficient (Wildman–Crippen LogP) is 1.71. The molecule has 0 amide bonds. The number of nitrogen functional groups attached to an aromatic ring is 1. The maximum Gasteiger partial charge on any atom is 0.128 e. The monoisotopic (exact) mass is 214 g/mol. The Bertz CT molecular complexity index is 442. The Morgan fingerprint density at radius 1 is 1.12 bits per heavy atom. The number of pyridine rings is 2. The van der Waals surface area contributed by atoms with Gasteiger partial charge in [-0.05, 0) is 24.3 Å². The van der Waals surface area contributed by atoms with Crippen LogP contribution in [0.4, 0.5) is 11.6 Å². The van der Waals surface area contributed by atoms with Gasteiger partial charge in [0.05, 0.1) is 0 Å². The third-order valence-corrected chi connectivity index (χ3v) is 2.18. The van der Waals surface area contributed by atoms with Crippen LogP contribution in [0.25, 0.3) is 0 Å². The van der Waals surface area contributed by atoms with Crippen LogP contribution in [0.1, 0.15) is 5.69 Å². The first-order chi connectivity index (χ1) is 7.84. The maximum absolute atomic E-state index is 5.58. The summed E-state index contributed by atoms with van der Waals surface area (Å²) >= 11 is 0. The van der Waals surface area contributed by atoms with Gasteiger partial charge in [0.15, 0.2) is 0 Å². The van der Waals surface area contributed by atoms with Gasteiger partial charge in [-0.25, -0.2) is 4.98 Å². The molecule has 0 aliphatic carbocycles. The Hall–Kier alpha value is -2.10. The fourth-order valence-electron chi connectivity index (χ4n) is 1.41. The van der Waals surface area contributed by atoms with E-state index in [1.807, 2.05) is 30.3 Å². The van der Waals surface area contributed by atoms with Crippen LogP contribution >= 0.6 is 0 Å². The molecule has 4 heteroatoms. The van der Waals surface area contributed by atoms with E-state index in [-0.39, 0.29) is 0 Å². The number of nitrogens with zero attached hydrogens (tertiary/aromatic N) is 2. The number of nitrogens with two attached hydrogens (primary N) is 1. The van der Waals surface area contributed by atoms with Crippen LogP contribution in [0, 0.1) is 0 Å². The van der Waals surface area contributed by atoms with E-state index >= 15 is 0 Å². The second-order valence-electron chi connectivity index (χ2n) is 3.45. The van der Waals surface area contributed by atoms with Gasteiger partial charge in [0.1, 0.15) is 11.6 Å². The molecule has 4 nitrogen and oxygen atoms in total. The normalized spacial score (nSPS) is 10.0. The van der Waals surface area contributed by atoms with Crippen LogP contribution in [0.3, 0.4) is 0 Å². The summed E-state index contributed by atoms with van der Waals surface area (Å²) in [7, 11) is 0. The molecule has 16 heavy (non-hydrogen) atoms. The molecule has 0 spiro atoms. The van der Waals surface area contributed by atoms with Crippen LogP contribution in [0.5, 0.6) is 0 Å². The van der Waals surface area contributed by atoms with E-state index in [1.165, 1.54) is 0 Å². The molecular weight excluding hydrogens is 200 g/mol. The number of aromatic nitrogens is 2. The number of rotatable bonds is 4. The highest BCUT2D eigenvalue weighted by Gasteiger charge is 1.95. The average molecular weight is 214 g/mol. The summed E-state index contributed by atoms with van der Waals surface area (Å²) in [5.74, 6) is 1.33. The molecule has 2 aromatic rings. The molecule has 2 rings (SSSR count). The van der Waals surface area contributed by atoms with Crippen molar-refractivity contribution in [3.63, 3.8) is 0 Å². The van der Waals surface area contributed by atoms with Gasteiger partial charge in [0.25, 0.3) is 0 Å². The molecule has 0 aromatic carbocycles. The van der Waals surface area contributed by atoms with Crippen LogP contribution < -0.4 is 11.1 Å². The van der Waals surface area contributed by atoms with E-state index < -0.39 is 0 Å². The molecule has 0 bridgehead atoms. The van der Waals surface area contributed by atoms with Crippen molar-refractivity contribution in [3.8, 4) is 0 Å². The molecule has 0 unspecified atom stereocenters. The van der Waals surface area contributed by atoms with Gasteiger partial charge in [-0.2, -0.15) is 0 Å². The lowest BCUT2D eigenvalue weighted by Gasteiger charge is -2.05. The van der Waals surface area contributed by atoms with E-state index in [0.29, 0.717) is 5.82 Å². The first kappa shape index (κ1) is 10.4. The van der Waals surface area contributed by atoms with E-state index in [9.17, 15) is 0 Å². The molecule has 0 saturated heterocycles. The summed E-state index contributed by atoms with van der Waals surface area (Å²) in [5, 5.41) is 3.20. The Labute approximate surface area is 94.5 Å². The van der Waals surface area contributed by atoms with E-state index in [4.69, 9.17) is 5.73 Å². The van der Waals surface area contributed by atoms with Crippen molar-refractivity contribution in [2.75, 3.05) is 17.6 Å². The minimum absolute atomic E-state index is 0.530. The van der Waals surface area contributed by atoms with Gasteiger partial charge in [0.2, 0.25) is 0 Å².